The van der Waals surface area contributed by atoms with E-state index in [-0.39, 0.29) is 0 Å². The van der Waals surface area contributed by atoms with Crippen LogP contribution in [-0.4, -0.2) is 14.2 Å². The lowest BCUT2D eigenvalue weighted by Crippen LogP contribution is -1.93. The first kappa shape index (κ1) is 14.5. The highest BCUT2D eigenvalue weighted by molar-refractivity contribution is 5.93. The number of anilines is 1. The molecule has 0 fully saturated rings. The zero-order valence-corrected chi connectivity index (χ0v) is 12.0. The molecule has 21 heavy (non-hydrogen) atoms. The maximum Gasteiger partial charge on any atom is 0.161 e. The third-order valence-electron chi connectivity index (χ3n) is 3.09. The Morgan fingerprint density at radius 2 is 1.81 bits per heavy atom. The predicted molar refractivity (Wildman–Crippen MR) is 83.9 cm³/mol. The summed E-state index contributed by atoms with van der Waals surface area (Å²) in [6.45, 7) is 0. The standard InChI is InChI=1S/C17H16N2O2/c1-20-16-8-7-12(10-17(16)21-2)9-13(11-18)14-5-3-4-6-15(14)19/h3-10H,19H2,1-2H3/b13-9+. The summed E-state index contributed by atoms with van der Waals surface area (Å²) in [5.74, 6) is 1.26. The van der Waals surface area contributed by atoms with Gasteiger partial charge < -0.3 is 15.2 Å². The van der Waals surface area contributed by atoms with Crippen LogP contribution in [0.1, 0.15) is 11.1 Å². The lowest BCUT2D eigenvalue weighted by molar-refractivity contribution is 0.355. The van der Waals surface area contributed by atoms with Crippen molar-refractivity contribution in [2.24, 2.45) is 0 Å². The number of benzene rings is 2. The van der Waals surface area contributed by atoms with Gasteiger partial charge in [0.2, 0.25) is 0 Å². The fraction of sp³-hybridized carbons (Fsp3) is 0.118. The van der Waals surface area contributed by atoms with E-state index in [0.717, 1.165) is 11.1 Å². The Morgan fingerprint density at radius 1 is 1.10 bits per heavy atom. The van der Waals surface area contributed by atoms with Gasteiger partial charge in [-0.1, -0.05) is 24.3 Å². The third kappa shape index (κ3) is 3.15. The lowest BCUT2D eigenvalue weighted by atomic mass is 10.0. The topological polar surface area (TPSA) is 68.3 Å². The number of nitrogen functional groups attached to an aromatic ring is 1. The molecule has 0 unspecified atom stereocenters. The van der Waals surface area contributed by atoms with Crippen LogP contribution in [0, 0.1) is 11.3 Å². The second-order valence-electron chi connectivity index (χ2n) is 4.37. The molecule has 2 rings (SSSR count). The number of methoxy groups -OCH3 is 2. The Bertz CT molecular complexity index is 715. The van der Waals surface area contributed by atoms with Crippen molar-refractivity contribution in [3.63, 3.8) is 0 Å². The van der Waals surface area contributed by atoms with Crippen molar-refractivity contribution in [1.29, 1.82) is 5.26 Å². The Kier molecular flexibility index (Phi) is 4.47. The summed E-state index contributed by atoms with van der Waals surface area (Å²) < 4.78 is 10.5. The summed E-state index contributed by atoms with van der Waals surface area (Å²) in [6, 6.07) is 14.9. The van der Waals surface area contributed by atoms with Crippen molar-refractivity contribution >= 4 is 17.3 Å². The van der Waals surface area contributed by atoms with E-state index in [2.05, 4.69) is 6.07 Å². The maximum atomic E-state index is 9.36. The molecule has 0 radical (unpaired) electrons. The minimum atomic E-state index is 0.500. The number of para-hydroxylation sites is 1. The minimum absolute atomic E-state index is 0.500. The second-order valence-corrected chi connectivity index (χ2v) is 4.37. The molecule has 0 saturated carbocycles. The van der Waals surface area contributed by atoms with Gasteiger partial charge >= 0.3 is 0 Å². The number of rotatable bonds is 4. The molecule has 0 saturated heterocycles. The van der Waals surface area contributed by atoms with Crippen LogP contribution < -0.4 is 15.2 Å². The number of allylic oxidation sites excluding steroid dienone is 1. The van der Waals surface area contributed by atoms with Gasteiger partial charge in [0.15, 0.2) is 11.5 Å². The average Bonchev–Trinajstić information content (AvgIpc) is 2.53. The highest BCUT2D eigenvalue weighted by Crippen LogP contribution is 2.30. The molecule has 0 aromatic heterocycles. The molecule has 0 bridgehead atoms. The highest BCUT2D eigenvalue weighted by atomic mass is 16.5. The lowest BCUT2D eigenvalue weighted by Gasteiger charge is -2.08. The molecule has 2 aromatic rings. The van der Waals surface area contributed by atoms with Crippen molar-refractivity contribution < 1.29 is 9.47 Å². The molecule has 0 spiro atoms. The summed E-state index contributed by atoms with van der Waals surface area (Å²) in [7, 11) is 3.16. The third-order valence-corrected chi connectivity index (χ3v) is 3.09. The van der Waals surface area contributed by atoms with Crippen LogP contribution >= 0.6 is 0 Å². The van der Waals surface area contributed by atoms with E-state index in [1.807, 2.05) is 30.3 Å². The smallest absolute Gasteiger partial charge is 0.161 e. The summed E-state index contributed by atoms with van der Waals surface area (Å²) in [5.41, 5.74) is 8.55. The van der Waals surface area contributed by atoms with Gasteiger partial charge in [-0.05, 0) is 29.8 Å². The molecule has 0 aliphatic heterocycles. The highest BCUT2D eigenvalue weighted by Gasteiger charge is 2.07. The molecule has 0 heterocycles. The normalized spacial score (nSPS) is 10.8. The molecule has 0 aliphatic rings. The summed E-state index contributed by atoms with van der Waals surface area (Å²) >= 11 is 0. The number of hydrogen-bond acceptors (Lipinski definition) is 4. The van der Waals surface area contributed by atoms with Crippen molar-refractivity contribution in [3.05, 3.63) is 53.6 Å². The van der Waals surface area contributed by atoms with Gasteiger partial charge in [0.1, 0.15) is 0 Å². The summed E-state index contributed by atoms with van der Waals surface area (Å²) in [6.07, 6.45) is 1.77. The van der Waals surface area contributed by atoms with Crippen molar-refractivity contribution in [3.8, 4) is 17.6 Å². The number of nitrogens with zero attached hydrogens (tertiary/aromatic N) is 1. The zero-order valence-electron chi connectivity index (χ0n) is 12.0. The number of nitriles is 1. The van der Waals surface area contributed by atoms with Crippen LogP contribution in [0.2, 0.25) is 0 Å². The second kappa shape index (κ2) is 6.49. The van der Waals surface area contributed by atoms with Crippen LogP contribution in [0.25, 0.3) is 11.6 Å². The van der Waals surface area contributed by atoms with E-state index in [1.54, 1.807) is 32.4 Å². The summed E-state index contributed by atoms with van der Waals surface area (Å²) in [4.78, 5) is 0. The maximum absolute atomic E-state index is 9.36. The predicted octanol–water partition coefficient (Wildman–Crippen LogP) is 3.35. The monoisotopic (exact) mass is 280 g/mol. The average molecular weight is 280 g/mol. The molecule has 2 N–H and O–H groups in total. The Morgan fingerprint density at radius 3 is 2.43 bits per heavy atom. The first-order chi connectivity index (χ1) is 10.2. The molecular formula is C17H16N2O2. The van der Waals surface area contributed by atoms with Crippen LogP contribution in [0.15, 0.2) is 42.5 Å². The largest absolute Gasteiger partial charge is 0.493 e. The van der Waals surface area contributed by atoms with E-state index < -0.39 is 0 Å². The minimum Gasteiger partial charge on any atom is -0.493 e. The van der Waals surface area contributed by atoms with Gasteiger partial charge in [0, 0.05) is 11.3 Å². The molecular weight excluding hydrogens is 264 g/mol. The molecule has 2 aromatic carbocycles. The van der Waals surface area contributed by atoms with E-state index in [0.29, 0.717) is 22.8 Å². The molecule has 4 nitrogen and oxygen atoms in total. The Balaban J connectivity index is 2.46. The summed E-state index contributed by atoms with van der Waals surface area (Å²) in [5, 5.41) is 9.36. The molecule has 4 heteroatoms. The number of ether oxygens (including phenoxy) is 2. The van der Waals surface area contributed by atoms with E-state index in [1.165, 1.54) is 0 Å². The van der Waals surface area contributed by atoms with Gasteiger partial charge in [0.25, 0.3) is 0 Å². The van der Waals surface area contributed by atoms with Gasteiger partial charge in [-0.15, -0.1) is 0 Å². The fourth-order valence-electron chi connectivity index (χ4n) is 2.02. The van der Waals surface area contributed by atoms with Gasteiger partial charge in [-0.2, -0.15) is 5.26 Å². The molecule has 106 valence electrons. The molecule has 0 atom stereocenters. The van der Waals surface area contributed by atoms with Gasteiger partial charge in [-0.25, -0.2) is 0 Å². The number of nitrogens with two attached hydrogens (primary N) is 1. The van der Waals surface area contributed by atoms with Crippen LogP contribution in [0.3, 0.4) is 0 Å². The van der Waals surface area contributed by atoms with E-state index in [9.17, 15) is 5.26 Å². The van der Waals surface area contributed by atoms with Crippen LogP contribution in [0.4, 0.5) is 5.69 Å². The van der Waals surface area contributed by atoms with Gasteiger partial charge in [-0.3, -0.25) is 0 Å². The van der Waals surface area contributed by atoms with Crippen molar-refractivity contribution in [2.75, 3.05) is 20.0 Å². The van der Waals surface area contributed by atoms with Gasteiger partial charge in [0.05, 0.1) is 25.9 Å². The molecule has 0 aliphatic carbocycles. The Labute approximate surface area is 124 Å². The Hall–Kier alpha value is -2.93. The van der Waals surface area contributed by atoms with Crippen molar-refractivity contribution in [2.45, 2.75) is 0 Å². The van der Waals surface area contributed by atoms with Crippen LogP contribution in [-0.2, 0) is 0 Å². The fourth-order valence-corrected chi connectivity index (χ4v) is 2.02. The SMILES string of the molecule is COc1ccc(/C=C(\C#N)c2ccccc2N)cc1OC. The van der Waals surface area contributed by atoms with Crippen molar-refractivity contribution in [1.82, 2.24) is 0 Å². The zero-order chi connectivity index (χ0) is 15.2. The quantitative estimate of drug-likeness (QED) is 0.530. The first-order valence-corrected chi connectivity index (χ1v) is 6.38. The van der Waals surface area contributed by atoms with E-state index in [4.69, 9.17) is 15.2 Å². The van der Waals surface area contributed by atoms with Crippen LogP contribution in [0.5, 0.6) is 11.5 Å². The first-order valence-electron chi connectivity index (χ1n) is 6.38. The molecule has 0 amide bonds. The number of hydrogen-bond donors (Lipinski definition) is 1. The van der Waals surface area contributed by atoms with E-state index >= 15 is 0 Å².